The molecule has 2 aliphatic rings. The highest BCUT2D eigenvalue weighted by Crippen LogP contribution is 2.33. The second-order valence-corrected chi connectivity index (χ2v) is 5.22. The lowest BCUT2D eigenvalue weighted by atomic mass is 9.83. The summed E-state index contributed by atoms with van der Waals surface area (Å²) in [5.41, 5.74) is 1.29. The van der Waals surface area contributed by atoms with Crippen molar-refractivity contribution in [3.63, 3.8) is 0 Å². The third-order valence-electron chi connectivity index (χ3n) is 3.66. The minimum atomic E-state index is 0.416. The van der Waals surface area contributed by atoms with Crippen LogP contribution in [0.4, 0.5) is 0 Å². The third kappa shape index (κ3) is 2.68. The highest BCUT2D eigenvalue weighted by Gasteiger charge is 2.24. The molecule has 0 aliphatic heterocycles. The fraction of sp³-hybridized carbons (Fsp3) is 0.533. The zero-order chi connectivity index (χ0) is 11.7. The molecule has 1 aromatic carbocycles. The highest BCUT2D eigenvalue weighted by atomic mass is 16.5. The van der Waals surface area contributed by atoms with Crippen molar-refractivity contribution >= 4 is 5.78 Å². The Hall–Kier alpha value is -1.31. The number of carbonyl (C=O) groups is 1. The molecule has 90 valence electrons. The van der Waals surface area contributed by atoms with Gasteiger partial charge in [-0.3, -0.25) is 4.79 Å². The van der Waals surface area contributed by atoms with Gasteiger partial charge in [0.2, 0.25) is 0 Å². The molecule has 0 aromatic heterocycles. The Bertz CT molecular complexity index is 403. The normalized spacial score (nSPS) is 24.7. The van der Waals surface area contributed by atoms with Crippen molar-refractivity contribution in [1.82, 2.24) is 0 Å². The molecule has 2 heteroatoms. The molecule has 0 radical (unpaired) electrons. The van der Waals surface area contributed by atoms with Crippen molar-refractivity contribution in [3.05, 3.63) is 29.8 Å². The van der Waals surface area contributed by atoms with E-state index in [9.17, 15) is 4.79 Å². The van der Waals surface area contributed by atoms with E-state index in [1.165, 1.54) is 18.4 Å². The fourth-order valence-corrected chi connectivity index (χ4v) is 2.51. The Balaban J connectivity index is 1.67. The molecule has 0 amide bonds. The van der Waals surface area contributed by atoms with Gasteiger partial charge in [-0.15, -0.1) is 0 Å². The maximum absolute atomic E-state index is 11.4. The molecular formula is C15H18O2. The molecule has 1 unspecified atom stereocenters. The van der Waals surface area contributed by atoms with Crippen LogP contribution in [0, 0.1) is 0 Å². The first kappa shape index (κ1) is 10.8. The lowest BCUT2D eigenvalue weighted by Crippen LogP contribution is -2.13. The second kappa shape index (κ2) is 4.52. The van der Waals surface area contributed by atoms with Gasteiger partial charge in [0.25, 0.3) is 0 Å². The third-order valence-corrected chi connectivity index (χ3v) is 3.66. The van der Waals surface area contributed by atoms with Crippen LogP contribution in [0.1, 0.15) is 50.0 Å². The first-order chi connectivity index (χ1) is 8.31. The van der Waals surface area contributed by atoms with Gasteiger partial charge in [0.05, 0.1) is 6.10 Å². The molecule has 0 N–H and O–H groups in total. The minimum absolute atomic E-state index is 0.416. The molecule has 0 heterocycles. The molecule has 0 bridgehead atoms. The largest absolute Gasteiger partial charge is 0.490 e. The lowest BCUT2D eigenvalue weighted by molar-refractivity contribution is -0.120. The minimum Gasteiger partial charge on any atom is -0.490 e. The predicted octanol–water partition coefficient (Wildman–Crippen LogP) is 3.45. The van der Waals surface area contributed by atoms with Gasteiger partial charge in [0.1, 0.15) is 11.5 Å². The van der Waals surface area contributed by atoms with Gasteiger partial charge < -0.3 is 4.74 Å². The summed E-state index contributed by atoms with van der Waals surface area (Å²) in [6, 6.07) is 8.35. The molecular weight excluding hydrogens is 212 g/mol. The summed E-state index contributed by atoms with van der Waals surface area (Å²) in [6.07, 6.45) is 6.54. The number of rotatable bonds is 3. The van der Waals surface area contributed by atoms with Crippen LogP contribution in [0.25, 0.3) is 0 Å². The molecule has 2 nitrogen and oxygen atoms in total. The molecule has 2 fully saturated rings. The summed E-state index contributed by atoms with van der Waals surface area (Å²) < 4.78 is 5.72. The van der Waals surface area contributed by atoms with Crippen molar-refractivity contribution in [2.24, 2.45) is 0 Å². The molecule has 3 rings (SSSR count). The van der Waals surface area contributed by atoms with Crippen molar-refractivity contribution in [1.29, 1.82) is 0 Å². The fourth-order valence-electron chi connectivity index (χ4n) is 2.51. The molecule has 1 atom stereocenters. The van der Waals surface area contributed by atoms with Crippen LogP contribution in [0.2, 0.25) is 0 Å². The first-order valence-corrected chi connectivity index (χ1v) is 6.59. The number of ether oxygens (including phenoxy) is 1. The topological polar surface area (TPSA) is 26.3 Å². The Morgan fingerprint density at radius 3 is 2.47 bits per heavy atom. The highest BCUT2D eigenvalue weighted by molar-refractivity contribution is 5.80. The van der Waals surface area contributed by atoms with E-state index in [2.05, 4.69) is 12.1 Å². The quantitative estimate of drug-likeness (QED) is 0.795. The average Bonchev–Trinajstić information content (AvgIpc) is 3.14. The Labute approximate surface area is 102 Å². The van der Waals surface area contributed by atoms with Gasteiger partial charge in [0.15, 0.2) is 0 Å². The standard InChI is InChI=1S/C15H18O2/c16-13-3-1-2-12(10-13)11-4-6-14(7-5-11)17-15-8-9-15/h4-7,12,15H,1-3,8-10H2. The summed E-state index contributed by atoms with van der Waals surface area (Å²) >= 11 is 0. The Kier molecular flexibility index (Phi) is 2.87. The van der Waals surface area contributed by atoms with E-state index in [0.717, 1.165) is 31.4 Å². The zero-order valence-electron chi connectivity index (χ0n) is 10.0. The van der Waals surface area contributed by atoms with Crippen molar-refractivity contribution < 1.29 is 9.53 Å². The lowest BCUT2D eigenvalue weighted by Gasteiger charge is -2.21. The number of carbonyl (C=O) groups excluding carboxylic acids is 1. The van der Waals surface area contributed by atoms with Crippen molar-refractivity contribution in [3.8, 4) is 5.75 Å². The van der Waals surface area contributed by atoms with E-state index in [1.54, 1.807) is 0 Å². The smallest absolute Gasteiger partial charge is 0.133 e. The Morgan fingerprint density at radius 1 is 1.06 bits per heavy atom. The molecule has 17 heavy (non-hydrogen) atoms. The maximum Gasteiger partial charge on any atom is 0.133 e. The van der Waals surface area contributed by atoms with E-state index >= 15 is 0 Å². The summed E-state index contributed by atoms with van der Waals surface area (Å²) in [5, 5.41) is 0. The van der Waals surface area contributed by atoms with Crippen LogP contribution in [0.15, 0.2) is 24.3 Å². The van der Waals surface area contributed by atoms with Crippen LogP contribution in [0.5, 0.6) is 5.75 Å². The van der Waals surface area contributed by atoms with Crippen LogP contribution in [-0.2, 0) is 4.79 Å². The molecule has 0 saturated heterocycles. The molecule has 1 aromatic rings. The van der Waals surface area contributed by atoms with Crippen LogP contribution in [0.3, 0.4) is 0 Å². The van der Waals surface area contributed by atoms with Gasteiger partial charge >= 0.3 is 0 Å². The average molecular weight is 230 g/mol. The number of ketones is 1. The van der Waals surface area contributed by atoms with E-state index in [4.69, 9.17) is 4.74 Å². The van der Waals surface area contributed by atoms with E-state index in [-0.39, 0.29) is 0 Å². The second-order valence-electron chi connectivity index (χ2n) is 5.22. The summed E-state index contributed by atoms with van der Waals surface area (Å²) in [4.78, 5) is 11.4. The molecule has 2 aliphatic carbocycles. The van der Waals surface area contributed by atoms with Gasteiger partial charge in [-0.25, -0.2) is 0 Å². The zero-order valence-corrected chi connectivity index (χ0v) is 10.0. The summed E-state index contributed by atoms with van der Waals surface area (Å²) in [7, 11) is 0. The SMILES string of the molecule is O=C1CCCC(c2ccc(OC3CC3)cc2)C1. The number of Topliss-reactive ketones (excluding diaryl/α,β-unsaturated/α-hetero) is 1. The Morgan fingerprint density at radius 2 is 1.82 bits per heavy atom. The number of benzene rings is 1. The molecule has 0 spiro atoms. The van der Waals surface area contributed by atoms with Gasteiger partial charge in [-0.1, -0.05) is 12.1 Å². The summed E-state index contributed by atoms with van der Waals surface area (Å²) in [5.74, 6) is 1.82. The molecule has 2 saturated carbocycles. The van der Waals surface area contributed by atoms with Crippen LogP contribution in [-0.4, -0.2) is 11.9 Å². The number of hydrogen-bond acceptors (Lipinski definition) is 2. The maximum atomic E-state index is 11.4. The number of hydrogen-bond donors (Lipinski definition) is 0. The first-order valence-electron chi connectivity index (χ1n) is 6.59. The monoisotopic (exact) mass is 230 g/mol. The summed E-state index contributed by atoms with van der Waals surface area (Å²) in [6.45, 7) is 0. The van der Waals surface area contributed by atoms with E-state index in [1.807, 2.05) is 12.1 Å². The predicted molar refractivity (Wildman–Crippen MR) is 66.3 cm³/mol. The van der Waals surface area contributed by atoms with Crippen LogP contribution >= 0.6 is 0 Å². The van der Waals surface area contributed by atoms with E-state index < -0.39 is 0 Å². The van der Waals surface area contributed by atoms with E-state index in [0.29, 0.717) is 17.8 Å². The van der Waals surface area contributed by atoms with Crippen LogP contribution < -0.4 is 4.74 Å². The van der Waals surface area contributed by atoms with Gasteiger partial charge in [-0.2, -0.15) is 0 Å². The van der Waals surface area contributed by atoms with Gasteiger partial charge in [0, 0.05) is 12.8 Å². The van der Waals surface area contributed by atoms with Crippen molar-refractivity contribution in [2.75, 3.05) is 0 Å². The van der Waals surface area contributed by atoms with Gasteiger partial charge in [-0.05, 0) is 49.3 Å². The van der Waals surface area contributed by atoms with Crippen molar-refractivity contribution in [2.45, 2.75) is 50.5 Å².